The van der Waals surface area contributed by atoms with Crippen molar-refractivity contribution in [1.82, 2.24) is 5.32 Å². The van der Waals surface area contributed by atoms with E-state index in [-0.39, 0.29) is 17.9 Å². The second-order valence-electron chi connectivity index (χ2n) is 6.23. The van der Waals surface area contributed by atoms with Gasteiger partial charge < -0.3 is 19.5 Å². The molecule has 0 aliphatic heterocycles. The molecule has 1 rings (SSSR count). The largest absolute Gasteiger partial charge is 0.493 e. The van der Waals surface area contributed by atoms with Crippen LogP contribution in [-0.2, 0) is 9.53 Å². The Hall–Kier alpha value is -1.75. The van der Waals surface area contributed by atoms with Gasteiger partial charge in [-0.1, -0.05) is 32.8 Å². The molecule has 0 saturated heterocycles. The maximum absolute atomic E-state index is 12.5. The van der Waals surface area contributed by atoms with E-state index in [1.165, 1.54) is 0 Å². The Morgan fingerprint density at radius 1 is 1.16 bits per heavy atom. The average Bonchev–Trinajstić information content (AvgIpc) is 2.62. The average molecular weight is 351 g/mol. The summed E-state index contributed by atoms with van der Waals surface area (Å²) in [5.74, 6) is 1.55. The van der Waals surface area contributed by atoms with Crippen LogP contribution in [0, 0.1) is 5.92 Å². The van der Waals surface area contributed by atoms with E-state index < -0.39 is 0 Å². The van der Waals surface area contributed by atoms with E-state index in [1.54, 1.807) is 14.2 Å². The lowest BCUT2D eigenvalue weighted by atomic mass is 9.97. The summed E-state index contributed by atoms with van der Waals surface area (Å²) in [6.07, 6.45) is 4.01. The maximum Gasteiger partial charge on any atom is 0.223 e. The van der Waals surface area contributed by atoms with Crippen molar-refractivity contribution >= 4 is 5.91 Å². The second kappa shape index (κ2) is 11.7. The van der Waals surface area contributed by atoms with Crippen LogP contribution < -0.4 is 14.8 Å². The van der Waals surface area contributed by atoms with Crippen molar-refractivity contribution in [3.8, 4) is 11.5 Å². The SMILES string of the molecule is CCCCC(CC)C(=O)NC(C)c1ccc(OCCOC)c(OC)c1. The highest BCUT2D eigenvalue weighted by atomic mass is 16.5. The molecule has 5 nitrogen and oxygen atoms in total. The van der Waals surface area contributed by atoms with Gasteiger partial charge in [-0.05, 0) is 37.5 Å². The van der Waals surface area contributed by atoms with E-state index >= 15 is 0 Å². The van der Waals surface area contributed by atoms with Gasteiger partial charge in [0.25, 0.3) is 0 Å². The first-order valence-corrected chi connectivity index (χ1v) is 9.17. The summed E-state index contributed by atoms with van der Waals surface area (Å²) in [6, 6.07) is 5.67. The van der Waals surface area contributed by atoms with E-state index in [4.69, 9.17) is 14.2 Å². The number of rotatable bonds is 12. The molecule has 1 aromatic carbocycles. The summed E-state index contributed by atoms with van der Waals surface area (Å²) < 4.78 is 16.1. The maximum atomic E-state index is 12.5. The smallest absolute Gasteiger partial charge is 0.223 e. The van der Waals surface area contributed by atoms with E-state index in [2.05, 4.69) is 19.2 Å². The number of ether oxygens (including phenoxy) is 3. The number of carbonyl (C=O) groups is 1. The van der Waals surface area contributed by atoms with Gasteiger partial charge in [0.2, 0.25) is 5.91 Å². The monoisotopic (exact) mass is 351 g/mol. The first-order valence-electron chi connectivity index (χ1n) is 9.17. The van der Waals surface area contributed by atoms with E-state index in [1.807, 2.05) is 25.1 Å². The number of carbonyl (C=O) groups excluding carboxylic acids is 1. The van der Waals surface area contributed by atoms with E-state index in [0.29, 0.717) is 24.7 Å². The van der Waals surface area contributed by atoms with Gasteiger partial charge in [-0.25, -0.2) is 0 Å². The second-order valence-corrected chi connectivity index (χ2v) is 6.23. The zero-order valence-electron chi connectivity index (χ0n) is 16.3. The van der Waals surface area contributed by atoms with Crippen LogP contribution in [0.2, 0.25) is 0 Å². The molecule has 25 heavy (non-hydrogen) atoms. The number of amides is 1. The summed E-state index contributed by atoms with van der Waals surface area (Å²) >= 11 is 0. The van der Waals surface area contributed by atoms with Gasteiger partial charge in [-0.3, -0.25) is 4.79 Å². The van der Waals surface area contributed by atoms with Crippen LogP contribution in [0.5, 0.6) is 11.5 Å². The minimum absolute atomic E-state index is 0.0786. The molecule has 2 unspecified atom stereocenters. The standard InChI is InChI=1S/C20H33NO4/c1-6-8-9-16(7-2)20(22)21-15(3)17-10-11-18(19(14-17)24-5)25-13-12-23-4/h10-11,14-16H,6-9,12-13H2,1-5H3,(H,21,22). The lowest BCUT2D eigenvalue weighted by molar-refractivity contribution is -0.126. The Labute approximate surface area is 152 Å². The molecular weight excluding hydrogens is 318 g/mol. The predicted molar refractivity (Wildman–Crippen MR) is 100 cm³/mol. The van der Waals surface area contributed by atoms with Crippen molar-refractivity contribution in [2.45, 2.75) is 52.5 Å². The van der Waals surface area contributed by atoms with E-state index in [0.717, 1.165) is 31.2 Å². The van der Waals surface area contributed by atoms with Gasteiger partial charge in [-0.2, -0.15) is 0 Å². The minimum atomic E-state index is -0.0786. The molecule has 0 fully saturated rings. The fourth-order valence-electron chi connectivity index (χ4n) is 2.69. The molecule has 0 aliphatic carbocycles. The number of hydrogen-bond acceptors (Lipinski definition) is 4. The van der Waals surface area contributed by atoms with Crippen molar-refractivity contribution in [2.75, 3.05) is 27.4 Å². The van der Waals surface area contributed by atoms with Gasteiger partial charge in [-0.15, -0.1) is 0 Å². The first kappa shape index (κ1) is 21.3. The number of nitrogens with one attached hydrogen (secondary N) is 1. The van der Waals surface area contributed by atoms with Gasteiger partial charge in [0.1, 0.15) is 6.61 Å². The third-order valence-corrected chi connectivity index (χ3v) is 4.36. The highest BCUT2D eigenvalue weighted by molar-refractivity contribution is 5.79. The number of hydrogen-bond donors (Lipinski definition) is 1. The minimum Gasteiger partial charge on any atom is -0.493 e. The highest BCUT2D eigenvalue weighted by Crippen LogP contribution is 2.30. The van der Waals surface area contributed by atoms with Gasteiger partial charge in [0.05, 0.1) is 19.8 Å². The molecule has 2 atom stereocenters. The van der Waals surface area contributed by atoms with Crippen LogP contribution in [-0.4, -0.2) is 33.3 Å². The van der Waals surface area contributed by atoms with Crippen LogP contribution in [0.15, 0.2) is 18.2 Å². The Morgan fingerprint density at radius 2 is 1.92 bits per heavy atom. The van der Waals surface area contributed by atoms with Crippen molar-refractivity contribution in [3.05, 3.63) is 23.8 Å². The Bertz CT molecular complexity index is 518. The lowest BCUT2D eigenvalue weighted by Gasteiger charge is -2.20. The van der Waals surface area contributed by atoms with Crippen molar-refractivity contribution in [2.24, 2.45) is 5.92 Å². The molecule has 5 heteroatoms. The summed E-state index contributed by atoms with van der Waals surface area (Å²) in [7, 11) is 3.25. The van der Waals surface area contributed by atoms with E-state index in [9.17, 15) is 4.79 Å². The zero-order valence-corrected chi connectivity index (χ0v) is 16.3. The molecule has 0 spiro atoms. The van der Waals surface area contributed by atoms with Crippen LogP contribution in [0.25, 0.3) is 0 Å². The summed E-state index contributed by atoms with van der Waals surface area (Å²) in [5.41, 5.74) is 0.995. The molecule has 0 radical (unpaired) electrons. The first-order chi connectivity index (χ1) is 12.1. The number of benzene rings is 1. The zero-order chi connectivity index (χ0) is 18.7. The van der Waals surface area contributed by atoms with Crippen molar-refractivity contribution in [3.63, 3.8) is 0 Å². The van der Waals surface area contributed by atoms with Crippen LogP contribution in [0.1, 0.15) is 58.1 Å². The van der Waals surface area contributed by atoms with Gasteiger partial charge in [0, 0.05) is 13.0 Å². The molecule has 1 N–H and O–H groups in total. The van der Waals surface area contributed by atoms with Crippen LogP contribution in [0.3, 0.4) is 0 Å². The fraction of sp³-hybridized carbons (Fsp3) is 0.650. The predicted octanol–water partition coefficient (Wildman–Crippen LogP) is 4.11. The Morgan fingerprint density at radius 3 is 2.52 bits per heavy atom. The van der Waals surface area contributed by atoms with Crippen LogP contribution >= 0.6 is 0 Å². The molecule has 1 amide bonds. The molecular formula is C20H33NO4. The topological polar surface area (TPSA) is 56.8 Å². The quantitative estimate of drug-likeness (QED) is 0.576. The summed E-state index contributed by atoms with van der Waals surface area (Å²) in [5, 5.41) is 3.12. The molecule has 1 aromatic rings. The molecule has 0 aromatic heterocycles. The summed E-state index contributed by atoms with van der Waals surface area (Å²) in [4.78, 5) is 12.5. The Balaban J connectivity index is 2.73. The molecule has 0 aliphatic rings. The van der Waals surface area contributed by atoms with Crippen molar-refractivity contribution < 1.29 is 19.0 Å². The summed E-state index contributed by atoms with van der Waals surface area (Å²) in [6.45, 7) is 7.20. The number of unbranched alkanes of at least 4 members (excludes halogenated alkanes) is 1. The Kier molecular flexibility index (Phi) is 10.0. The van der Waals surface area contributed by atoms with Crippen molar-refractivity contribution in [1.29, 1.82) is 0 Å². The fourth-order valence-corrected chi connectivity index (χ4v) is 2.69. The van der Waals surface area contributed by atoms with Crippen LogP contribution in [0.4, 0.5) is 0 Å². The van der Waals surface area contributed by atoms with Gasteiger partial charge in [0.15, 0.2) is 11.5 Å². The highest BCUT2D eigenvalue weighted by Gasteiger charge is 2.19. The molecule has 142 valence electrons. The lowest BCUT2D eigenvalue weighted by Crippen LogP contribution is -2.32. The normalized spacial score (nSPS) is 13.2. The molecule has 0 bridgehead atoms. The number of methoxy groups -OCH3 is 2. The molecule has 0 heterocycles. The third-order valence-electron chi connectivity index (χ3n) is 4.36. The van der Waals surface area contributed by atoms with Gasteiger partial charge >= 0.3 is 0 Å². The third kappa shape index (κ3) is 6.94. The molecule has 0 saturated carbocycles.